The summed E-state index contributed by atoms with van der Waals surface area (Å²) >= 11 is 0. The maximum absolute atomic E-state index is 12.3. The minimum Gasteiger partial charge on any atom is -0.381 e. The molecule has 1 atom stereocenters. The highest BCUT2D eigenvalue weighted by Crippen LogP contribution is 2.18. The molecular formula is C15H24N2O3S. The molecule has 1 heterocycles. The summed E-state index contributed by atoms with van der Waals surface area (Å²) in [5.74, 6) is 0.477. The number of nitrogens with one attached hydrogen (secondary N) is 2. The molecule has 1 fully saturated rings. The molecule has 2 N–H and O–H groups in total. The van der Waals surface area contributed by atoms with E-state index in [-0.39, 0.29) is 0 Å². The van der Waals surface area contributed by atoms with E-state index in [4.69, 9.17) is 4.74 Å². The molecule has 1 aliphatic rings. The van der Waals surface area contributed by atoms with Crippen LogP contribution in [0.5, 0.6) is 0 Å². The first-order chi connectivity index (χ1) is 10.0. The Labute approximate surface area is 127 Å². The van der Waals surface area contributed by atoms with Crippen molar-refractivity contribution in [2.24, 2.45) is 5.92 Å². The lowest BCUT2D eigenvalue weighted by molar-refractivity contribution is 0.184. The Balaban J connectivity index is 1.99. The predicted octanol–water partition coefficient (Wildman–Crippen LogP) is 1.42. The predicted molar refractivity (Wildman–Crippen MR) is 82.7 cm³/mol. The molecular weight excluding hydrogens is 288 g/mol. The second kappa shape index (κ2) is 7.35. The third kappa shape index (κ3) is 4.51. The smallest absolute Gasteiger partial charge is 0.240 e. The number of sulfonamides is 1. The molecule has 2 rings (SSSR count). The topological polar surface area (TPSA) is 67.4 Å². The van der Waals surface area contributed by atoms with Crippen molar-refractivity contribution in [3.63, 3.8) is 0 Å². The van der Waals surface area contributed by atoms with E-state index < -0.39 is 10.0 Å². The second-order valence-corrected chi connectivity index (χ2v) is 7.30. The maximum Gasteiger partial charge on any atom is 0.240 e. The van der Waals surface area contributed by atoms with Crippen LogP contribution < -0.4 is 10.0 Å². The van der Waals surface area contributed by atoms with Gasteiger partial charge < -0.3 is 10.1 Å². The largest absolute Gasteiger partial charge is 0.381 e. The summed E-state index contributed by atoms with van der Waals surface area (Å²) in [6.07, 6.45) is 1.85. The van der Waals surface area contributed by atoms with Crippen LogP contribution in [-0.4, -0.2) is 35.2 Å². The zero-order valence-electron chi connectivity index (χ0n) is 12.7. The van der Waals surface area contributed by atoms with Crippen LogP contribution in [0.1, 0.15) is 24.0 Å². The summed E-state index contributed by atoms with van der Waals surface area (Å²) in [7, 11) is -1.58. The number of aryl methyl sites for hydroxylation is 1. The Hall–Kier alpha value is -0.950. The summed E-state index contributed by atoms with van der Waals surface area (Å²) < 4.78 is 32.6. The van der Waals surface area contributed by atoms with E-state index in [1.807, 2.05) is 20.0 Å². The summed E-state index contributed by atoms with van der Waals surface area (Å²) in [5, 5.41) is 3.05. The van der Waals surface area contributed by atoms with E-state index in [1.165, 1.54) is 0 Å². The lowest BCUT2D eigenvalue weighted by Gasteiger charge is -2.12. The van der Waals surface area contributed by atoms with Crippen LogP contribution in [0.4, 0.5) is 0 Å². The number of hydrogen-bond donors (Lipinski definition) is 2. The summed E-state index contributed by atoms with van der Waals surface area (Å²) in [6, 6.07) is 5.26. The van der Waals surface area contributed by atoms with E-state index in [1.54, 1.807) is 12.1 Å². The van der Waals surface area contributed by atoms with Gasteiger partial charge in [0.05, 0.1) is 4.90 Å². The quantitative estimate of drug-likeness (QED) is 0.799. The molecule has 0 aliphatic carbocycles. The van der Waals surface area contributed by atoms with Gasteiger partial charge >= 0.3 is 0 Å². The first kappa shape index (κ1) is 16.4. The van der Waals surface area contributed by atoms with Gasteiger partial charge in [-0.05, 0) is 56.0 Å². The van der Waals surface area contributed by atoms with Crippen molar-refractivity contribution in [2.45, 2.75) is 31.2 Å². The molecule has 1 aromatic carbocycles. The van der Waals surface area contributed by atoms with Crippen molar-refractivity contribution in [3.05, 3.63) is 29.3 Å². The Morgan fingerprint density at radius 1 is 1.38 bits per heavy atom. The monoisotopic (exact) mass is 312 g/mol. The van der Waals surface area contributed by atoms with Crippen LogP contribution in [0.3, 0.4) is 0 Å². The van der Waals surface area contributed by atoms with Gasteiger partial charge in [0.15, 0.2) is 0 Å². The zero-order valence-corrected chi connectivity index (χ0v) is 13.5. The molecule has 0 radical (unpaired) electrons. The molecule has 0 bridgehead atoms. The molecule has 1 aromatic rings. The molecule has 0 spiro atoms. The third-order valence-corrected chi connectivity index (χ3v) is 5.33. The van der Waals surface area contributed by atoms with E-state index >= 15 is 0 Å². The number of hydrogen-bond acceptors (Lipinski definition) is 4. The molecule has 5 nitrogen and oxygen atoms in total. The Bertz CT molecular complexity index is 566. The fourth-order valence-corrected chi connectivity index (χ4v) is 3.59. The van der Waals surface area contributed by atoms with E-state index in [2.05, 4.69) is 10.0 Å². The number of ether oxygens (including phenoxy) is 1. The van der Waals surface area contributed by atoms with Crippen molar-refractivity contribution in [3.8, 4) is 0 Å². The van der Waals surface area contributed by atoms with E-state index in [0.717, 1.165) is 37.2 Å². The van der Waals surface area contributed by atoms with Gasteiger partial charge in [0.2, 0.25) is 10.0 Å². The van der Waals surface area contributed by atoms with E-state index in [9.17, 15) is 8.42 Å². The minimum atomic E-state index is -3.43. The average molecular weight is 312 g/mol. The van der Waals surface area contributed by atoms with Crippen LogP contribution in [-0.2, 0) is 21.3 Å². The Morgan fingerprint density at radius 3 is 2.86 bits per heavy atom. The van der Waals surface area contributed by atoms with Crippen LogP contribution in [0.15, 0.2) is 23.1 Å². The summed E-state index contributed by atoms with van der Waals surface area (Å²) in [5.41, 5.74) is 2.09. The van der Waals surface area contributed by atoms with Gasteiger partial charge in [0, 0.05) is 26.3 Å². The SMILES string of the molecule is CNCc1cc(S(=O)(=O)NCCC2CCOC2)ccc1C. The fraction of sp³-hybridized carbons (Fsp3) is 0.600. The lowest BCUT2D eigenvalue weighted by atomic mass is 10.1. The van der Waals surface area contributed by atoms with E-state index in [0.29, 0.717) is 23.9 Å². The third-order valence-electron chi connectivity index (χ3n) is 3.87. The highest BCUT2D eigenvalue weighted by atomic mass is 32.2. The Morgan fingerprint density at radius 2 is 2.19 bits per heavy atom. The first-order valence-electron chi connectivity index (χ1n) is 7.34. The van der Waals surface area contributed by atoms with Crippen LogP contribution in [0.25, 0.3) is 0 Å². The Kier molecular flexibility index (Phi) is 5.75. The van der Waals surface area contributed by atoms with Crippen LogP contribution >= 0.6 is 0 Å². The van der Waals surface area contributed by atoms with Gasteiger partial charge in [-0.1, -0.05) is 6.07 Å². The van der Waals surface area contributed by atoms with Gasteiger partial charge in [0.25, 0.3) is 0 Å². The van der Waals surface area contributed by atoms with Gasteiger partial charge in [0.1, 0.15) is 0 Å². The summed E-state index contributed by atoms with van der Waals surface area (Å²) in [4.78, 5) is 0.334. The highest BCUT2D eigenvalue weighted by molar-refractivity contribution is 7.89. The fourth-order valence-electron chi connectivity index (χ4n) is 2.49. The number of benzene rings is 1. The molecule has 0 amide bonds. The van der Waals surface area contributed by atoms with Gasteiger partial charge in [-0.25, -0.2) is 13.1 Å². The lowest BCUT2D eigenvalue weighted by Crippen LogP contribution is -2.26. The highest BCUT2D eigenvalue weighted by Gasteiger charge is 2.18. The maximum atomic E-state index is 12.3. The molecule has 1 aliphatic heterocycles. The van der Waals surface area contributed by atoms with Crippen molar-refractivity contribution in [2.75, 3.05) is 26.8 Å². The van der Waals surface area contributed by atoms with Gasteiger partial charge in [-0.15, -0.1) is 0 Å². The molecule has 1 saturated heterocycles. The summed E-state index contributed by atoms with van der Waals surface area (Å²) in [6.45, 7) is 4.65. The molecule has 118 valence electrons. The number of rotatable bonds is 7. The zero-order chi connectivity index (χ0) is 15.3. The van der Waals surface area contributed by atoms with Gasteiger partial charge in [-0.3, -0.25) is 0 Å². The molecule has 6 heteroatoms. The molecule has 0 saturated carbocycles. The molecule has 1 unspecified atom stereocenters. The van der Waals surface area contributed by atoms with Crippen LogP contribution in [0.2, 0.25) is 0 Å². The minimum absolute atomic E-state index is 0.334. The standard InChI is InChI=1S/C15H24N2O3S/c1-12-3-4-15(9-14(12)10-16-2)21(18,19)17-7-5-13-6-8-20-11-13/h3-4,9,13,16-17H,5-8,10-11H2,1-2H3. The van der Waals surface area contributed by atoms with Crippen molar-refractivity contribution in [1.29, 1.82) is 0 Å². The van der Waals surface area contributed by atoms with Crippen LogP contribution in [0, 0.1) is 12.8 Å². The van der Waals surface area contributed by atoms with Crippen molar-refractivity contribution >= 4 is 10.0 Å². The van der Waals surface area contributed by atoms with Gasteiger partial charge in [-0.2, -0.15) is 0 Å². The molecule has 21 heavy (non-hydrogen) atoms. The molecule has 0 aromatic heterocycles. The first-order valence-corrected chi connectivity index (χ1v) is 8.83. The second-order valence-electron chi connectivity index (χ2n) is 5.53. The normalized spacial score (nSPS) is 19.0. The average Bonchev–Trinajstić information content (AvgIpc) is 2.94. The van der Waals surface area contributed by atoms with Crippen molar-refractivity contribution < 1.29 is 13.2 Å². The van der Waals surface area contributed by atoms with Crippen molar-refractivity contribution in [1.82, 2.24) is 10.0 Å².